The van der Waals surface area contributed by atoms with Crippen LogP contribution in [0.2, 0.25) is 0 Å². The second kappa shape index (κ2) is 11.2. The van der Waals surface area contributed by atoms with E-state index in [2.05, 4.69) is 10.3 Å². The number of amides is 1. The molecule has 5 nitrogen and oxygen atoms in total. The van der Waals surface area contributed by atoms with Gasteiger partial charge in [-0.2, -0.15) is 0 Å². The molecule has 0 aliphatic carbocycles. The van der Waals surface area contributed by atoms with E-state index >= 15 is 0 Å². The molecule has 0 radical (unpaired) electrons. The SMILES string of the molecule is Cc1ccc(Cc2c(C)nc(SCC(=O)NC(c3ccccc3)c3ccccc3)n(C)c2=O)cc1. The van der Waals surface area contributed by atoms with Gasteiger partial charge in [0, 0.05) is 24.7 Å². The van der Waals surface area contributed by atoms with E-state index in [1.165, 1.54) is 17.3 Å². The maximum Gasteiger partial charge on any atom is 0.257 e. The molecule has 0 fully saturated rings. The minimum absolute atomic E-state index is 0.0765. The Hall–Kier alpha value is -3.64. The van der Waals surface area contributed by atoms with Gasteiger partial charge in [-0.25, -0.2) is 4.98 Å². The minimum atomic E-state index is -0.249. The average Bonchev–Trinajstić information content (AvgIpc) is 2.88. The van der Waals surface area contributed by atoms with Gasteiger partial charge in [0.05, 0.1) is 11.8 Å². The van der Waals surface area contributed by atoms with E-state index in [1.54, 1.807) is 11.6 Å². The smallest absolute Gasteiger partial charge is 0.257 e. The second-order valence-corrected chi connectivity index (χ2v) is 9.54. The molecule has 0 saturated carbocycles. The highest BCUT2D eigenvalue weighted by molar-refractivity contribution is 7.99. The lowest BCUT2D eigenvalue weighted by Crippen LogP contribution is -2.31. The maximum atomic E-state index is 13.1. The van der Waals surface area contributed by atoms with E-state index in [-0.39, 0.29) is 23.3 Å². The standard InChI is InChI=1S/C29H29N3O2S/c1-20-14-16-22(17-15-20)18-25-21(2)30-29(32(3)28(25)34)35-19-26(33)31-27(23-10-6-4-7-11-23)24-12-8-5-9-13-24/h4-17,27H,18-19H2,1-3H3,(H,31,33). The quantitative estimate of drug-likeness (QED) is 0.283. The first-order valence-electron chi connectivity index (χ1n) is 11.6. The molecule has 3 aromatic carbocycles. The number of thioether (sulfide) groups is 1. The number of aromatic nitrogens is 2. The molecule has 6 heteroatoms. The fourth-order valence-electron chi connectivity index (χ4n) is 3.96. The van der Waals surface area contributed by atoms with E-state index in [4.69, 9.17) is 0 Å². The monoisotopic (exact) mass is 483 g/mol. The predicted molar refractivity (Wildman–Crippen MR) is 142 cm³/mol. The van der Waals surface area contributed by atoms with Crippen LogP contribution in [0.4, 0.5) is 0 Å². The van der Waals surface area contributed by atoms with Crippen LogP contribution in [0.15, 0.2) is 94.9 Å². The Kier molecular flexibility index (Phi) is 7.83. The van der Waals surface area contributed by atoms with Crippen molar-refractivity contribution >= 4 is 17.7 Å². The molecule has 0 aliphatic rings. The molecule has 1 aromatic heterocycles. The van der Waals surface area contributed by atoms with Crippen LogP contribution in [0.3, 0.4) is 0 Å². The largest absolute Gasteiger partial charge is 0.344 e. The van der Waals surface area contributed by atoms with Crippen molar-refractivity contribution < 1.29 is 4.79 Å². The molecule has 1 amide bonds. The third kappa shape index (κ3) is 6.08. The zero-order valence-electron chi connectivity index (χ0n) is 20.2. The van der Waals surface area contributed by atoms with Gasteiger partial charge in [0.1, 0.15) is 0 Å². The van der Waals surface area contributed by atoms with Gasteiger partial charge in [0.2, 0.25) is 5.91 Å². The fourth-order valence-corrected chi connectivity index (χ4v) is 4.78. The van der Waals surface area contributed by atoms with Crippen molar-refractivity contribution in [2.75, 3.05) is 5.75 Å². The predicted octanol–water partition coefficient (Wildman–Crippen LogP) is 4.99. The molecule has 178 valence electrons. The van der Waals surface area contributed by atoms with Gasteiger partial charge in [-0.15, -0.1) is 0 Å². The van der Waals surface area contributed by atoms with Gasteiger partial charge < -0.3 is 5.32 Å². The number of hydrogen-bond donors (Lipinski definition) is 1. The van der Waals surface area contributed by atoms with Crippen LogP contribution >= 0.6 is 11.8 Å². The number of rotatable bonds is 8. The highest BCUT2D eigenvalue weighted by atomic mass is 32.2. The first-order chi connectivity index (χ1) is 16.9. The summed E-state index contributed by atoms with van der Waals surface area (Å²) in [7, 11) is 1.71. The molecular formula is C29H29N3O2S. The van der Waals surface area contributed by atoms with Crippen LogP contribution < -0.4 is 10.9 Å². The van der Waals surface area contributed by atoms with E-state index in [9.17, 15) is 9.59 Å². The lowest BCUT2D eigenvalue weighted by atomic mass is 9.99. The fraction of sp³-hybridized carbons (Fsp3) is 0.207. The third-order valence-corrected chi connectivity index (χ3v) is 6.98. The highest BCUT2D eigenvalue weighted by Gasteiger charge is 2.18. The molecule has 0 saturated heterocycles. The molecule has 0 spiro atoms. The van der Waals surface area contributed by atoms with Crippen LogP contribution in [0.5, 0.6) is 0 Å². The van der Waals surface area contributed by atoms with Crippen molar-refractivity contribution in [3.63, 3.8) is 0 Å². The molecule has 1 heterocycles. The maximum absolute atomic E-state index is 13.1. The summed E-state index contributed by atoms with van der Waals surface area (Å²) in [6, 6.07) is 27.7. The van der Waals surface area contributed by atoms with Crippen LogP contribution in [-0.4, -0.2) is 21.2 Å². The Balaban J connectivity index is 1.48. The van der Waals surface area contributed by atoms with Gasteiger partial charge in [-0.05, 0) is 30.5 Å². The number of hydrogen-bond acceptors (Lipinski definition) is 4. The lowest BCUT2D eigenvalue weighted by molar-refractivity contribution is -0.119. The first-order valence-corrected chi connectivity index (χ1v) is 12.5. The summed E-state index contributed by atoms with van der Waals surface area (Å²) < 4.78 is 1.54. The summed E-state index contributed by atoms with van der Waals surface area (Å²) >= 11 is 1.27. The number of benzene rings is 3. The number of nitrogens with one attached hydrogen (secondary N) is 1. The average molecular weight is 484 g/mol. The summed E-state index contributed by atoms with van der Waals surface area (Å²) in [5.41, 5.74) is 5.58. The number of carbonyl (C=O) groups is 1. The second-order valence-electron chi connectivity index (χ2n) is 8.60. The number of nitrogens with zero attached hydrogens (tertiary/aromatic N) is 2. The van der Waals surface area contributed by atoms with Crippen LogP contribution in [0.25, 0.3) is 0 Å². The van der Waals surface area contributed by atoms with E-state index in [0.717, 1.165) is 16.7 Å². The van der Waals surface area contributed by atoms with Crippen molar-refractivity contribution in [3.8, 4) is 0 Å². The summed E-state index contributed by atoms with van der Waals surface area (Å²) in [5.74, 6) is 0.0380. The normalized spacial score (nSPS) is 11.0. The molecule has 1 N–H and O–H groups in total. The van der Waals surface area contributed by atoms with Gasteiger partial charge in [-0.1, -0.05) is 102 Å². The van der Waals surface area contributed by atoms with Gasteiger partial charge in [0.25, 0.3) is 5.56 Å². The van der Waals surface area contributed by atoms with Crippen molar-refractivity contribution in [1.29, 1.82) is 0 Å². The van der Waals surface area contributed by atoms with Crippen LogP contribution in [-0.2, 0) is 18.3 Å². The van der Waals surface area contributed by atoms with Crippen molar-refractivity contribution in [2.45, 2.75) is 31.5 Å². The van der Waals surface area contributed by atoms with Gasteiger partial charge in [-0.3, -0.25) is 14.2 Å². The van der Waals surface area contributed by atoms with E-state index in [1.807, 2.05) is 98.8 Å². The third-order valence-electron chi connectivity index (χ3n) is 5.95. The van der Waals surface area contributed by atoms with Crippen molar-refractivity contribution in [2.24, 2.45) is 7.05 Å². The van der Waals surface area contributed by atoms with E-state index < -0.39 is 0 Å². The number of aryl methyl sites for hydroxylation is 2. The first kappa shape index (κ1) is 24.5. The minimum Gasteiger partial charge on any atom is -0.344 e. The zero-order chi connectivity index (χ0) is 24.8. The van der Waals surface area contributed by atoms with Crippen LogP contribution in [0, 0.1) is 13.8 Å². The van der Waals surface area contributed by atoms with Crippen molar-refractivity contribution in [3.05, 3.63) is 129 Å². The van der Waals surface area contributed by atoms with Gasteiger partial charge in [0.15, 0.2) is 5.16 Å². The zero-order valence-corrected chi connectivity index (χ0v) is 21.0. The summed E-state index contributed by atoms with van der Waals surface area (Å²) in [5, 5.41) is 3.68. The molecule has 0 unspecified atom stereocenters. The molecule has 0 bridgehead atoms. The van der Waals surface area contributed by atoms with Crippen LogP contribution in [0.1, 0.15) is 39.6 Å². The Bertz CT molecular complexity index is 1310. The molecule has 4 rings (SSSR count). The number of carbonyl (C=O) groups excluding carboxylic acids is 1. The topological polar surface area (TPSA) is 64.0 Å². The summed E-state index contributed by atoms with van der Waals surface area (Å²) in [6.07, 6.45) is 0.535. The molecule has 0 atom stereocenters. The lowest BCUT2D eigenvalue weighted by Gasteiger charge is -2.20. The summed E-state index contributed by atoms with van der Waals surface area (Å²) in [6.45, 7) is 3.90. The molecule has 35 heavy (non-hydrogen) atoms. The Morgan fingerprint density at radius 3 is 2.06 bits per heavy atom. The molecular weight excluding hydrogens is 454 g/mol. The Labute approximate surface area is 210 Å². The highest BCUT2D eigenvalue weighted by Crippen LogP contribution is 2.23. The molecule has 4 aromatic rings. The Morgan fingerprint density at radius 1 is 0.914 bits per heavy atom. The van der Waals surface area contributed by atoms with E-state index in [0.29, 0.717) is 22.8 Å². The molecule has 0 aliphatic heterocycles. The Morgan fingerprint density at radius 2 is 1.49 bits per heavy atom. The summed E-state index contributed by atoms with van der Waals surface area (Å²) in [4.78, 5) is 30.7. The van der Waals surface area contributed by atoms with Crippen molar-refractivity contribution in [1.82, 2.24) is 14.9 Å². The van der Waals surface area contributed by atoms with Gasteiger partial charge >= 0.3 is 0 Å².